The zero-order valence-corrected chi connectivity index (χ0v) is 11.1. The Morgan fingerprint density at radius 2 is 2.21 bits per heavy atom. The third kappa shape index (κ3) is 3.51. The van der Waals surface area contributed by atoms with Crippen LogP contribution in [0, 0.1) is 5.82 Å². The SMILES string of the molecule is CNC(C)c1ccc(F)cc1OCc1cccnc1. The summed E-state index contributed by atoms with van der Waals surface area (Å²) in [6, 6.07) is 8.48. The number of pyridine rings is 1. The first-order valence-corrected chi connectivity index (χ1v) is 6.19. The highest BCUT2D eigenvalue weighted by atomic mass is 19.1. The third-order valence-corrected chi connectivity index (χ3v) is 2.99. The summed E-state index contributed by atoms with van der Waals surface area (Å²) in [6.07, 6.45) is 3.45. The Balaban J connectivity index is 2.16. The Kier molecular flexibility index (Phi) is 4.47. The van der Waals surface area contributed by atoms with E-state index in [2.05, 4.69) is 10.3 Å². The minimum absolute atomic E-state index is 0.101. The molecule has 3 nitrogen and oxygen atoms in total. The predicted octanol–water partition coefficient (Wildman–Crippen LogP) is 3.08. The summed E-state index contributed by atoms with van der Waals surface area (Å²) in [4.78, 5) is 4.02. The summed E-state index contributed by atoms with van der Waals surface area (Å²) in [5, 5.41) is 3.12. The van der Waals surface area contributed by atoms with Crippen LogP contribution < -0.4 is 10.1 Å². The Labute approximate surface area is 112 Å². The quantitative estimate of drug-likeness (QED) is 0.897. The lowest BCUT2D eigenvalue weighted by Crippen LogP contribution is -2.14. The Morgan fingerprint density at radius 1 is 1.37 bits per heavy atom. The lowest BCUT2D eigenvalue weighted by atomic mass is 10.1. The molecule has 19 heavy (non-hydrogen) atoms. The average Bonchev–Trinajstić information content (AvgIpc) is 2.45. The smallest absolute Gasteiger partial charge is 0.127 e. The van der Waals surface area contributed by atoms with Gasteiger partial charge in [-0.1, -0.05) is 12.1 Å². The normalized spacial score (nSPS) is 12.2. The number of benzene rings is 1. The molecule has 0 radical (unpaired) electrons. The number of halogens is 1. The van der Waals surface area contributed by atoms with Gasteiger partial charge in [0.2, 0.25) is 0 Å². The van der Waals surface area contributed by atoms with Crippen molar-refractivity contribution in [3.63, 3.8) is 0 Å². The zero-order chi connectivity index (χ0) is 13.7. The molecule has 0 amide bonds. The standard InChI is InChI=1S/C15H17FN2O/c1-11(17-2)14-6-5-13(16)8-15(14)19-10-12-4-3-7-18-9-12/h3-9,11,17H,10H2,1-2H3. The number of nitrogens with one attached hydrogen (secondary N) is 1. The monoisotopic (exact) mass is 260 g/mol. The second-order valence-corrected chi connectivity index (χ2v) is 4.34. The average molecular weight is 260 g/mol. The molecule has 0 saturated carbocycles. The van der Waals surface area contributed by atoms with Gasteiger partial charge in [-0.3, -0.25) is 4.98 Å². The van der Waals surface area contributed by atoms with Crippen molar-refractivity contribution in [2.75, 3.05) is 7.05 Å². The fourth-order valence-corrected chi connectivity index (χ4v) is 1.79. The Hall–Kier alpha value is -1.94. The fourth-order valence-electron chi connectivity index (χ4n) is 1.79. The van der Waals surface area contributed by atoms with Crippen molar-refractivity contribution >= 4 is 0 Å². The van der Waals surface area contributed by atoms with Crippen molar-refractivity contribution in [1.82, 2.24) is 10.3 Å². The first kappa shape index (κ1) is 13.5. The summed E-state index contributed by atoms with van der Waals surface area (Å²) in [7, 11) is 1.86. The van der Waals surface area contributed by atoms with Crippen LogP contribution in [-0.4, -0.2) is 12.0 Å². The lowest BCUT2D eigenvalue weighted by molar-refractivity contribution is 0.298. The van der Waals surface area contributed by atoms with Gasteiger partial charge in [-0.05, 0) is 26.1 Å². The molecule has 4 heteroatoms. The summed E-state index contributed by atoms with van der Waals surface area (Å²) in [5.74, 6) is 0.263. The minimum atomic E-state index is -0.298. The topological polar surface area (TPSA) is 34.1 Å². The number of aromatic nitrogens is 1. The van der Waals surface area contributed by atoms with E-state index in [1.54, 1.807) is 18.5 Å². The molecule has 0 bridgehead atoms. The van der Waals surface area contributed by atoms with Crippen LogP contribution >= 0.6 is 0 Å². The van der Waals surface area contributed by atoms with E-state index < -0.39 is 0 Å². The molecular formula is C15H17FN2O. The molecular weight excluding hydrogens is 243 g/mol. The van der Waals surface area contributed by atoms with Crippen LogP contribution in [0.1, 0.15) is 24.1 Å². The highest BCUT2D eigenvalue weighted by molar-refractivity contribution is 5.36. The summed E-state index contributed by atoms with van der Waals surface area (Å²) in [5.41, 5.74) is 1.89. The van der Waals surface area contributed by atoms with Crippen LogP contribution in [-0.2, 0) is 6.61 Å². The molecule has 1 N–H and O–H groups in total. The second kappa shape index (κ2) is 6.29. The highest BCUT2D eigenvalue weighted by Crippen LogP contribution is 2.26. The Morgan fingerprint density at radius 3 is 2.89 bits per heavy atom. The molecule has 0 aliphatic carbocycles. The molecule has 1 unspecified atom stereocenters. The van der Waals surface area contributed by atoms with Gasteiger partial charge in [0.05, 0.1) is 0 Å². The molecule has 1 heterocycles. The fraction of sp³-hybridized carbons (Fsp3) is 0.267. The maximum atomic E-state index is 13.3. The van der Waals surface area contributed by atoms with Crippen molar-refractivity contribution in [3.05, 3.63) is 59.7 Å². The maximum Gasteiger partial charge on any atom is 0.127 e. The second-order valence-electron chi connectivity index (χ2n) is 4.34. The molecule has 1 aromatic heterocycles. The van der Waals surface area contributed by atoms with Gasteiger partial charge < -0.3 is 10.1 Å². The van der Waals surface area contributed by atoms with Crippen molar-refractivity contribution in [1.29, 1.82) is 0 Å². The van der Waals surface area contributed by atoms with Crippen molar-refractivity contribution in [3.8, 4) is 5.75 Å². The molecule has 0 spiro atoms. The van der Waals surface area contributed by atoms with E-state index in [4.69, 9.17) is 4.74 Å². The van der Waals surface area contributed by atoms with Gasteiger partial charge in [-0.15, -0.1) is 0 Å². The predicted molar refractivity (Wildman–Crippen MR) is 72.4 cm³/mol. The van der Waals surface area contributed by atoms with Gasteiger partial charge in [-0.2, -0.15) is 0 Å². The van der Waals surface area contributed by atoms with E-state index >= 15 is 0 Å². The van der Waals surface area contributed by atoms with Crippen molar-refractivity contribution in [2.24, 2.45) is 0 Å². The number of nitrogens with zero attached hydrogens (tertiary/aromatic N) is 1. The van der Waals surface area contributed by atoms with Crippen molar-refractivity contribution in [2.45, 2.75) is 19.6 Å². The molecule has 0 aliphatic rings. The summed E-state index contributed by atoms with van der Waals surface area (Å²) in [6.45, 7) is 2.38. The molecule has 2 aromatic rings. The highest BCUT2D eigenvalue weighted by Gasteiger charge is 2.11. The van der Waals surface area contributed by atoms with E-state index in [9.17, 15) is 4.39 Å². The lowest BCUT2D eigenvalue weighted by Gasteiger charge is -2.16. The minimum Gasteiger partial charge on any atom is -0.488 e. The van der Waals surface area contributed by atoms with E-state index in [0.717, 1.165) is 11.1 Å². The number of rotatable bonds is 5. The largest absolute Gasteiger partial charge is 0.488 e. The first-order valence-electron chi connectivity index (χ1n) is 6.19. The van der Waals surface area contributed by atoms with E-state index in [1.807, 2.05) is 26.1 Å². The number of ether oxygens (including phenoxy) is 1. The van der Waals surface area contributed by atoms with Gasteiger partial charge >= 0.3 is 0 Å². The number of hydrogen-bond donors (Lipinski definition) is 1. The van der Waals surface area contributed by atoms with E-state index in [1.165, 1.54) is 12.1 Å². The molecule has 1 atom stereocenters. The molecule has 0 saturated heterocycles. The van der Waals surface area contributed by atoms with Crippen LogP contribution in [0.15, 0.2) is 42.7 Å². The van der Waals surface area contributed by atoms with Crippen LogP contribution in [0.2, 0.25) is 0 Å². The van der Waals surface area contributed by atoms with E-state index in [-0.39, 0.29) is 11.9 Å². The van der Waals surface area contributed by atoms with Crippen molar-refractivity contribution < 1.29 is 9.13 Å². The Bertz CT molecular complexity index is 531. The van der Waals surface area contributed by atoms with Crippen LogP contribution in [0.4, 0.5) is 4.39 Å². The van der Waals surface area contributed by atoms with Gasteiger partial charge in [0.25, 0.3) is 0 Å². The number of hydrogen-bond acceptors (Lipinski definition) is 3. The van der Waals surface area contributed by atoms with Gasteiger partial charge in [-0.25, -0.2) is 4.39 Å². The van der Waals surface area contributed by atoms with Gasteiger partial charge in [0.1, 0.15) is 18.2 Å². The summed E-state index contributed by atoms with van der Waals surface area (Å²) < 4.78 is 19.0. The maximum absolute atomic E-state index is 13.3. The van der Waals surface area contributed by atoms with Crippen LogP contribution in [0.3, 0.4) is 0 Å². The molecule has 0 fully saturated rings. The van der Waals surface area contributed by atoms with Crippen LogP contribution in [0.25, 0.3) is 0 Å². The third-order valence-electron chi connectivity index (χ3n) is 2.99. The molecule has 0 aliphatic heterocycles. The van der Waals surface area contributed by atoms with E-state index in [0.29, 0.717) is 12.4 Å². The summed E-state index contributed by atoms with van der Waals surface area (Å²) >= 11 is 0. The molecule has 2 rings (SSSR count). The first-order chi connectivity index (χ1) is 9.20. The van der Waals surface area contributed by atoms with Crippen LogP contribution in [0.5, 0.6) is 5.75 Å². The molecule has 100 valence electrons. The zero-order valence-electron chi connectivity index (χ0n) is 11.1. The van der Waals surface area contributed by atoms with Gasteiger partial charge in [0.15, 0.2) is 0 Å². The van der Waals surface area contributed by atoms with Gasteiger partial charge in [0, 0.05) is 35.6 Å². The molecule has 1 aromatic carbocycles.